The van der Waals surface area contributed by atoms with Crippen molar-refractivity contribution in [2.75, 3.05) is 20.0 Å². The van der Waals surface area contributed by atoms with E-state index in [0.717, 1.165) is 21.3 Å². The fraction of sp³-hybridized carbons (Fsp3) is 0.280. The highest BCUT2D eigenvalue weighted by atomic mass is 79.9. The molecule has 1 aromatic heterocycles. The molecular weight excluding hydrogens is 532 g/mol. The zero-order valence-electron chi connectivity index (χ0n) is 19.6. The van der Waals surface area contributed by atoms with Gasteiger partial charge in [0.25, 0.3) is 11.5 Å². The van der Waals surface area contributed by atoms with E-state index in [-0.39, 0.29) is 23.3 Å². The molecule has 0 aliphatic carbocycles. The summed E-state index contributed by atoms with van der Waals surface area (Å²) in [5.74, 6) is 1.09. The number of thioether (sulfide) groups is 1. The van der Waals surface area contributed by atoms with E-state index in [1.807, 2.05) is 49.4 Å². The number of aromatic amines is 1. The van der Waals surface area contributed by atoms with Gasteiger partial charge in [0.1, 0.15) is 0 Å². The summed E-state index contributed by atoms with van der Waals surface area (Å²) < 4.78 is 11.8. The van der Waals surface area contributed by atoms with Gasteiger partial charge in [0.2, 0.25) is 0 Å². The highest BCUT2D eigenvalue weighted by Gasteiger charge is 2.33. The second-order valence-electron chi connectivity index (χ2n) is 7.81. The molecule has 1 atom stereocenters. The zero-order chi connectivity index (χ0) is 24.9. The molecule has 35 heavy (non-hydrogen) atoms. The number of hydrogen-bond acceptors (Lipinski definition) is 7. The van der Waals surface area contributed by atoms with Crippen molar-refractivity contribution in [2.45, 2.75) is 31.0 Å². The molecule has 0 radical (unpaired) electrons. The Hall–Kier alpha value is -3.11. The minimum atomic E-state index is -0.310. The molecule has 1 unspecified atom stereocenters. The maximum absolute atomic E-state index is 13.4. The minimum Gasteiger partial charge on any atom is -0.493 e. The first kappa shape index (κ1) is 25.0. The first-order chi connectivity index (χ1) is 16.9. The SMILES string of the molecule is CCc1cc(=O)[nH]c(SCC(=O)N2N=C(c3ccc(Br)cc3)CC2c2ccc(OC)c(OC)c2)n1. The monoisotopic (exact) mass is 556 g/mol. The van der Waals surface area contributed by atoms with Gasteiger partial charge in [-0.3, -0.25) is 9.59 Å². The summed E-state index contributed by atoms with van der Waals surface area (Å²) in [5.41, 5.74) is 3.10. The predicted octanol–water partition coefficient (Wildman–Crippen LogP) is 4.58. The number of H-pyrrole nitrogens is 1. The van der Waals surface area contributed by atoms with Gasteiger partial charge < -0.3 is 14.5 Å². The smallest absolute Gasteiger partial charge is 0.253 e. The second-order valence-corrected chi connectivity index (χ2v) is 9.69. The first-order valence-electron chi connectivity index (χ1n) is 11.0. The van der Waals surface area contributed by atoms with Gasteiger partial charge in [-0.25, -0.2) is 9.99 Å². The summed E-state index contributed by atoms with van der Waals surface area (Å²) in [6, 6.07) is 14.6. The van der Waals surface area contributed by atoms with Crippen molar-refractivity contribution in [1.29, 1.82) is 0 Å². The highest BCUT2D eigenvalue weighted by Crippen LogP contribution is 2.37. The van der Waals surface area contributed by atoms with Crippen LogP contribution in [0.3, 0.4) is 0 Å². The molecule has 8 nitrogen and oxygen atoms in total. The van der Waals surface area contributed by atoms with Gasteiger partial charge in [0.05, 0.1) is 31.7 Å². The third-order valence-corrected chi connectivity index (χ3v) is 6.99. The number of aryl methyl sites for hydroxylation is 1. The maximum atomic E-state index is 13.4. The quantitative estimate of drug-likeness (QED) is 0.322. The number of nitrogens with zero attached hydrogens (tertiary/aromatic N) is 3. The number of rotatable bonds is 8. The molecule has 2 aromatic carbocycles. The molecule has 0 fully saturated rings. The van der Waals surface area contributed by atoms with Crippen LogP contribution in [-0.2, 0) is 11.2 Å². The Morgan fingerprint density at radius 2 is 1.89 bits per heavy atom. The van der Waals surface area contributed by atoms with E-state index in [9.17, 15) is 9.59 Å². The standard InChI is InChI=1S/C25H25BrN4O4S/c1-4-18-12-23(31)28-25(27-18)35-14-24(32)30-20(16-7-10-21(33-2)22(11-16)34-3)13-19(29-30)15-5-8-17(26)9-6-15/h5-12,20H,4,13-14H2,1-3H3,(H,27,28,31). The summed E-state index contributed by atoms with van der Waals surface area (Å²) in [6.07, 6.45) is 1.19. The third-order valence-electron chi connectivity index (χ3n) is 5.60. The van der Waals surface area contributed by atoms with Gasteiger partial charge >= 0.3 is 0 Å². The maximum Gasteiger partial charge on any atom is 0.253 e. The number of carbonyl (C=O) groups excluding carboxylic acids is 1. The number of halogens is 1. The lowest BCUT2D eigenvalue weighted by molar-refractivity contribution is -0.130. The average molecular weight is 557 g/mol. The molecule has 1 aliphatic heterocycles. The fourth-order valence-corrected chi connectivity index (χ4v) is 4.82. The van der Waals surface area contributed by atoms with Crippen LogP contribution in [0.25, 0.3) is 0 Å². The van der Waals surface area contributed by atoms with Crippen molar-refractivity contribution in [1.82, 2.24) is 15.0 Å². The number of benzene rings is 2. The lowest BCUT2D eigenvalue weighted by Crippen LogP contribution is -2.28. The van der Waals surface area contributed by atoms with Gasteiger partial charge in [-0.15, -0.1) is 0 Å². The topological polar surface area (TPSA) is 96.9 Å². The van der Waals surface area contributed by atoms with E-state index in [0.29, 0.717) is 35.2 Å². The average Bonchev–Trinajstić information content (AvgIpc) is 3.32. The minimum absolute atomic E-state index is 0.0804. The van der Waals surface area contributed by atoms with E-state index in [4.69, 9.17) is 14.6 Å². The summed E-state index contributed by atoms with van der Waals surface area (Å²) in [7, 11) is 3.17. The van der Waals surface area contributed by atoms with E-state index in [2.05, 4.69) is 25.9 Å². The number of nitrogens with one attached hydrogen (secondary N) is 1. The van der Waals surface area contributed by atoms with E-state index in [1.54, 1.807) is 14.2 Å². The fourth-order valence-electron chi connectivity index (χ4n) is 3.81. The Morgan fingerprint density at radius 1 is 1.14 bits per heavy atom. The number of aromatic nitrogens is 2. The number of carbonyl (C=O) groups is 1. The van der Waals surface area contributed by atoms with Gasteiger partial charge in [-0.1, -0.05) is 52.8 Å². The second kappa shape index (κ2) is 11.1. The van der Waals surface area contributed by atoms with Gasteiger partial charge in [-0.2, -0.15) is 5.10 Å². The van der Waals surface area contributed by atoms with Crippen LogP contribution in [-0.4, -0.2) is 46.6 Å². The van der Waals surface area contributed by atoms with Gasteiger partial charge in [0.15, 0.2) is 16.7 Å². The van der Waals surface area contributed by atoms with Crippen molar-refractivity contribution in [3.8, 4) is 11.5 Å². The molecule has 10 heteroatoms. The molecule has 182 valence electrons. The largest absolute Gasteiger partial charge is 0.493 e. The Morgan fingerprint density at radius 3 is 2.57 bits per heavy atom. The van der Waals surface area contributed by atoms with Crippen LogP contribution in [0.15, 0.2) is 68.1 Å². The summed E-state index contributed by atoms with van der Waals surface area (Å²) in [5, 5.41) is 6.65. The van der Waals surface area contributed by atoms with Crippen LogP contribution in [0.1, 0.15) is 36.2 Å². The van der Waals surface area contributed by atoms with Crippen LogP contribution < -0.4 is 15.0 Å². The number of amides is 1. The molecule has 0 spiro atoms. The number of methoxy groups -OCH3 is 2. The molecular formula is C25H25BrN4O4S. The number of hydrazone groups is 1. The molecule has 1 N–H and O–H groups in total. The molecule has 1 amide bonds. The highest BCUT2D eigenvalue weighted by molar-refractivity contribution is 9.10. The lowest BCUT2D eigenvalue weighted by atomic mass is 9.98. The summed E-state index contributed by atoms with van der Waals surface area (Å²) in [6.45, 7) is 1.93. The van der Waals surface area contributed by atoms with E-state index >= 15 is 0 Å². The van der Waals surface area contributed by atoms with Crippen molar-refractivity contribution in [2.24, 2.45) is 5.10 Å². The molecule has 2 heterocycles. The number of hydrogen-bond donors (Lipinski definition) is 1. The predicted molar refractivity (Wildman–Crippen MR) is 139 cm³/mol. The Bertz CT molecular complexity index is 1310. The summed E-state index contributed by atoms with van der Waals surface area (Å²) in [4.78, 5) is 32.4. The third kappa shape index (κ3) is 5.76. The molecule has 0 bridgehead atoms. The number of ether oxygens (including phenoxy) is 2. The van der Waals surface area contributed by atoms with Gasteiger partial charge in [-0.05, 0) is 41.8 Å². The molecule has 1 aliphatic rings. The first-order valence-corrected chi connectivity index (χ1v) is 12.8. The van der Waals surface area contributed by atoms with Crippen LogP contribution >= 0.6 is 27.7 Å². The molecule has 3 aromatic rings. The Balaban J connectivity index is 1.62. The van der Waals surface area contributed by atoms with E-state index < -0.39 is 0 Å². The van der Waals surface area contributed by atoms with Crippen LogP contribution in [0.2, 0.25) is 0 Å². The lowest BCUT2D eigenvalue weighted by Gasteiger charge is -2.22. The summed E-state index contributed by atoms with van der Waals surface area (Å²) >= 11 is 4.65. The van der Waals surface area contributed by atoms with E-state index in [1.165, 1.54) is 22.8 Å². The van der Waals surface area contributed by atoms with Crippen LogP contribution in [0, 0.1) is 0 Å². The molecule has 4 rings (SSSR count). The van der Waals surface area contributed by atoms with Crippen molar-refractivity contribution < 1.29 is 14.3 Å². The Kier molecular flexibility index (Phi) is 7.92. The normalized spacial score (nSPS) is 15.1. The van der Waals surface area contributed by atoms with Gasteiger partial charge in [0, 0.05) is 22.7 Å². The van der Waals surface area contributed by atoms with Crippen molar-refractivity contribution in [3.05, 3.63) is 80.2 Å². The molecule has 0 saturated carbocycles. The van der Waals surface area contributed by atoms with Crippen molar-refractivity contribution >= 4 is 39.3 Å². The van der Waals surface area contributed by atoms with Crippen molar-refractivity contribution in [3.63, 3.8) is 0 Å². The Labute approximate surface area is 215 Å². The van der Waals surface area contributed by atoms with Crippen LogP contribution in [0.4, 0.5) is 0 Å². The zero-order valence-corrected chi connectivity index (χ0v) is 22.0. The molecule has 0 saturated heterocycles. The van der Waals surface area contributed by atoms with Crippen LogP contribution in [0.5, 0.6) is 11.5 Å².